The Hall–Kier alpha value is -2.77. The molecule has 0 saturated heterocycles. The van der Waals surface area contributed by atoms with Gasteiger partial charge in [-0.1, -0.05) is 0 Å². The molecule has 0 atom stereocenters. The number of pyridine rings is 1. The smallest absolute Gasteiger partial charge is 0.320 e. The molecule has 0 radical (unpaired) electrons. The van der Waals surface area contributed by atoms with E-state index in [4.69, 9.17) is 0 Å². The molecule has 0 aromatic carbocycles. The van der Waals surface area contributed by atoms with Gasteiger partial charge in [-0.3, -0.25) is 19.1 Å². The maximum Gasteiger partial charge on any atom is 0.330 e. The maximum absolute atomic E-state index is 13.0. The summed E-state index contributed by atoms with van der Waals surface area (Å²) < 4.78 is 15.1. The molecule has 0 fully saturated rings. The molecule has 2 heterocycles. The van der Waals surface area contributed by atoms with Crippen LogP contribution < -0.4 is 16.6 Å². The summed E-state index contributed by atoms with van der Waals surface area (Å²) >= 11 is 0. The fourth-order valence-electron chi connectivity index (χ4n) is 1.96. The molecular formula is C14H15FN4O3. The van der Waals surface area contributed by atoms with Crippen molar-refractivity contribution in [2.75, 3.05) is 5.32 Å². The summed E-state index contributed by atoms with van der Waals surface area (Å²) in [7, 11) is 2.81. The molecule has 2 aromatic rings. The minimum Gasteiger partial charge on any atom is -0.320 e. The van der Waals surface area contributed by atoms with Gasteiger partial charge in [0.2, 0.25) is 5.91 Å². The lowest BCUT2D eigenvalue weighted by molar-refractivity contribution is -0.116. The van der Waals surface area contributed by atoms with Crippen LogP contribution >= 0.6 is 0 Å². The third-order valence-electron chi connectivity index (χ3n) is 3.12. The third-order valence-corrected chi connectivity index (χ3v) is 3.12. The monoisotopic (exact) mass is 306 g/mol. The lowest BCUT2D eigenvalue weighted by Gasteiger charge is -2.08. The van der Waals surface area contributed by atoms with Crippen LogP contribution in [0.2, 0.25) is 0 Å². The summed E-state index contributed by atoms with van der Waals surface area (Å²) in [6, 6.07) is 1.30. The van der Waals surface area contributed by atoms with E-state index in [0.717, 1.165) is 10.8 Å². The molecule has 116 valence electrons. The topological polar surface area (TPSA) is 86.0 Å². The summed E-state index contributed by atoms with van der Waals surface area (Å²) in [6.07, 6.45) is 4.19. The van der Waals surface area contributed by atoms with Crippen molar-refractivity contribution in [1.29, 1.82) is 0 Å². The van der Waals surface area contributed by atoms with Crippen molar-refractivity contribution >= 4 is 11.6 Å². The number of aromatic nitrogens is 3. The first-order chi connectivity index (χ1) is 10.4. The van der Waals surface area contributed by atoms with Crippen LogP contribution in [0.15, 0.2) is 34.2 Å². The Balaban J connectivity index is 2.07. The van der Waals surface area contributed by atoms with Crippen LogP contribution in [0.3, 0.4) is 0 Å². The molecule has 0 aliphatic carbocycles. The molecule has 0 saturated carbocycles. The van der Waals surface area contributed by atoms with Crippen LogP contribution in [-0.4, -0.2) is 20.0 Å². The Morgan fingerprint density at radius 3 is 2.73 bits per heavy atom. The molecule has 0 bridgehead atoms. The second kappa shape index (κ2) is 6.33. The Morgan fingerprint density at radius 1 is 1.32 bits per heavy atom. The van der Waals surface area contributed by atoms with Crippen LogP contribution in [0.5, 0.6) is 0 Å². The number of rotatable bonds is 4. The van der Waals surface area contributed by atoms with Crippen molar-refractivity contribution in [1.82, 2.24) is 14.1 Å². The van der Waals surface area contributed by atoms with Gasteiger partial charge >= 0.3 is 5.69 Å². The molecule has 0 aliphatic heterocycles. The molecule has 7 nitrogen and oxygen atoms in total. The van der Waals surface area contributed by atoms with Crippen molar-refractivity contribution in [2.24, 2.45) is 14.1 Å². The number of carbonyl (C=O) groups is 1. The zero-order valence-electron chi connectivity index (χ0n) is 12.2. The van der Waals surface area contributed by atoms with E-state index in [0.29, 0.717) is 12.0 Å². The highest BCUT2D eigenvalue weighted by molar-refractivity contribution is 5.90. The molecule has 0 unspecified atom stereocenters. The molecule has 1 amide bonds. The van der Waals surface area contributed by atoms with Gasteiger partial charge in [0.05, 0.1) is 6.20 Å². The summed E-state index contributed by atoms with van der Waals surface area (Å²) in [4.78, 5) is 39.0. The number of hydrogen-bond donors (Lipinski definition) is 1. The predicted octanol–water partition coefficient (Wildman–Crippen LogP) is 0.189. The number of anilines is 1. The fraction of sp³-hybridized carbons (Fsp3) is 0.286. The van der Waals surface area contributed by atoms with Crippen molar-refractivity contribution < 1.29 is 9.18 Å². The number of nitrogens with one attached hydrogen (secondary N) is 1. The number of nitrogens with zero attached hydrogens (tertiary/aromatic N) is 3. The Labute approximate surface area is 125 Å². The molecule has 22 heavy (non-hydrogen) atoms. The largest absolute Gasteiger partial charge is 0.330 e. The van der Waals surface area contributed by atoms with E-state index in [-0.39, 0.29) is 12.1 Å². The molecule has 2 rings (SSSR count). The highest BCUT2D eigenvalue weighted by Gasteiger charge is 2.10. The molecule has 8 heteroatoms. The van der Waals surface area contributed by atoms with Crippen molar-refractivity contribution in [3.8, 4) is 0 Å². The average Bonchev–Trinajstić information content (AvgIpc) is 2.48. The van der Waals surface area contributed by atoms with Gasteiger partial charge in [0.1, 0.15) is 11.5 Å². The lowest BCUT2D eigenvalue weighted by Crippen LogP contribution is -2.38. The molecule has 1 N–H and O–H groups in total. The molecule has 0 spiro atoms. The second-order valence-corrected chi connectivity index (χ2v) is 4.86. The van der Waals surface area contributed by atoms with Gasteiger partial charge in [-0.25, -0.2) is 9.18 Å². The molecule has 0 aliphatic rings. The van der Waals surface area contributed by atoms with Crippen molar-refractivity contribution in [2.45, 2.75) is 12.8 Å². The SMILES string of the molecule is Cn1cc(NC(=O)CCc2cncc(F)c2)c(=O)n(C)c1=O. The van der Waals surface area contributed by atoms with E-state index in [1.54, 1.807) is 0 Å². The minimum absolute atomic E-state index is 0.0203. The van der Waals surface area contributed by atoms with Gasteiger partial charge in [-0.05, 0) is 18.1 Å². The first kappa shape index (κ1) is 15.6. The van der Waals surface area contributed by atoms with E-state index in [1.165, 1.54) is 37.1 Å². The highest BCUT2D eigenvalue weighted by atomic mass is 19.1. The number of carbonyl (C=O) groups excluding carboxylic acids is 1. The van der Waals surface area contributed by atoms with E-state index in [9.17, 15) is 18.8 Å². The first-order valence-electron chi connectivity index (χ1n) is 6.54. The van der Waals surface area contributed by atoms with E-state index in [2.05, 4.69) is 10.3 Å². The average molecular weight is 306 g/mol. The normalized spacial score (nSPS) is 10.5. The summed E-state index contributed by atoms with van der Waals surface area (Å²) in [5, 5.41) is 2.46. The van der Waals surface area contributed by atoms with Gasteiger partial charge in [0.25, 0.3) is 5.56 Å². The van der Waals surface area contributed by atoms with E-state index in [1.807, 2.05) is 0 Å². The van der Waals surface area contributed by atoms with Crippen LogP contribution in [0, 0.1) is 5.82 Å². The van der Waals surface area contributed by atoms with Crippen LogP contribution in [0.1, 0.15) is 12.0 Å². The second-order valence-electron chi connectivity index (χ2n) is 4.86. The summed E-state index contributed by atoms with van der Waals surface area (Å²) in [6.45, 7) is 0. The number of halogens is 1. The summed E-state index contributed by atoms with van der Waals surface area (Å²) in [5.74, 6) is -0.871. The van der Waals surface area contributed by atoms with E-state index >= 15 is 0 Å². The zero-order chi connectivity index (χ0) is 16.3. The lowest BCUT2D eigenvalue weighted by atomic mass is 10.1. The zero-order valence-corrected chi connectivity index (χ0v) is 12.2. The minimum atomic E-state index is -0.580. The number of aryl methyl sites for hydroxylation is 2. The first-order valence-corrected chi connectivity index (χ1v) is 6.54. The van der Waals surface area contributed by atoms with Gasteiger partial charge in [0.15, 0.2) is 0 Å². The molecule has 2 aromatic heterocycles. The standard InChI is InChI=1S/C14H15FN4O3/c1-18-8-11(13(21)19(2)14(18)22)17-12(20)4-3-9-5-10(15)7-16-6-9/h5-8H,3-4H2,1-2H3,(H,17,20). The number of hydrogen-bond acceptors (Lipinski definition) is 4. The number of amides is 1. The highest BCUT2D eigenvalue weighted by Crippen LogP contribution is 2.05. The van der Waals surface area contributed by atoms with Crippen molar-refractivity contribution in [3.05, 3.63) is 56.9 Å². The van der Waals surface area contributed by atoms with Crippen LogP contribution in [0.4, 0.5) is 10.1 Å². The van der Waals surface area contributed by atoms with Crippen LogP contribution in [-0.2, 0) is 25.3 Å². The maximum atomic E-state index is 13.0. The van der Waals surface area contributed by atoms with Gasteiger partial charge < -0.3 is 9.88 Å². The Morgan fingerprint density at radius 2 is 2.05 bits per heavy atom. The Bertz CT molecular complexity index is 826. The third kappa shape index (κ3) is 3.46. The fourth-order valence-corrected chi connectivity index (χ4v) is 1.96. The summed E-state index contributed by atoms with van der Waals surface area (Å²) in [5.41, 5.74) is -0.451. The van der Waals surface area contributed by atoms with E-state index < -0.39 is 23.0 Å². The van der Waals surface area contributed by atoms with Gasteiger partial charge in [0, 0.05) is 32.9 Å². The van der Waals surface area contributed by atoms with Gasteiger partial charge in [-0.2, -0.15) is 0 Å². The van der Waals surface area contributed by atoms with Crippen molar-refractivity contribution in [3.63, 3.8) is 0 Å². The van der Waals surface area contributed by atoms with Gasteiger partial charge in [-0.15, -0.1) is 0 Å². The molecular weight excluding hydrogens is 291 g/mol. The van der Waals surface area contributed by atoms with Crippen LogP contribution in [0.25, 0.3) is 0 Å². The Kier molecular flexibility index (Phi) is 4.50. The quantitative estimate of drug-likeness (QED) is 0.873. The predicted molar refractivity (Wildman–Crippen MR) is 78.1 cm³/mol.